The molecule has 1 aromatic carbocycles. The van der Waals surface area contributed by atoms with Crippen LogP contribution in [0, 0.1) is 12.8 Å². The number of hydrogen-bond donors (Lipinski definition) is 2. The van der Waals surface area contributed by atoms with Crippen LogP contribution >= 0.6 is 11.6 Å². The Morgan fingerprint density at radius 1 is 1.38 bits per heavy atom. The summed E-state index contributed by atoms with van der Waals surface area (Å²) in [5.41, 5.74) is 1.70. The lowest BCUT2D eigenvalue weighted by atomic mass is 10.1. The molecule has 1 aromatic rings. The summed E-state index contributed by atoms with van der Waals surface area (Å²) in [4.78, 5) is 0. The van der Waals surface area contributed by atoms with Crippen molar-refractivity contribution in [3.05, 3.63) is 28.3 Å². The number of hydrogen-bond acceptors (Lipinski definition) is 2. The van der Waals surface area contributed by atoms with E-state index in [4.69, 9.17) is 11.6 Å². The first kappa shape index (κ1) is 13.3. The fraction of sp³-hybridized carbons (Fsp3) is 0.538. The number of rotatable bonds is 5. The van der Waals surface area contributed by atoms with E-state index in [0.29, 0.717) is 23.2 Å². The Kier molecular flexibility index (Phi) is 5.10. The molecule has 0 saturated carbocycles. The Labute approximate surface area is 103 Å². The maximum Gasteiger partial charge on any atom is 0.123 e. The number of nitrogens with one attached hydrogen (secondary N) is 1. The SMILES string of the molecule is Cc1cc(Cl)cc(CNCCC(C)C)c1O. The fourth-order valence-corrected chi connectivity index (χ4v) is 1.85. The summed E-state index contributed by atoms with van der Waals surface area (Å²) in [6.07, 6.45) is 1.14. The Balaban J connectivity index is 2.53. The molecule has 90 valence electrons. The van der Waals surface area contributed by atoms with Gasteiger partial charge in [0.2, 0.25) is 0 Å². The lowest BCUT2D eigenvalue weighted by Crippen LogP contribution is -2.16. The molecule has 16 heavy (non-hydrogen) atoms. The average Bonchev–Trinajstić information content (AvgIpc) is 2.19. The second kappa shape index (κ2) is 6.12. The van der Waals surface area contributed by atoms with Crippen LogP contribution in [0.15, 0.2) is 12.1 Å². The van der Waals surface area contributed by atoms with Crippen LogP contribution in [0.5, 0.6) is 5.75 Å². The molecule has 0 spiro atoms. The molecule has 0 saturated heterocycles. The highest BCUT2D eigenvalue weighted by atomic mass is 35.5. The monoisotopic (exact) mass is 241 g/mol. The van der Waals surface area contributed by atoms with Crippen LogP contribution < -0.4 is 5.32 Å². The smallest absolute Gasteiger partial charge is 0.123 e. The van der Waals surface area contributed by atoms with E-state index >= 15 is 0 Å². The van der Waals surface area contributed by atoms with Crippen LogP contribution in [0.3, 0.4) is 0 Å². The van der Waals surface area contributed by atoms with Crippen molar-refractivity contribution < 1.29 is 5.11 Å². The van der Waals surface area contributed by atoms with Crippen LogP contribution in [0.4, 0.5) is 0 Å². The Morgan fingerprint density at radius 2 is 2.06 bits per heavy atom. The van der Waals surface area contributed by atoms with E-state index in [2.05, 4.69) is 19.2 Å². The van der Waals surface area contributed by atoms with E-state index in [1.807, 2.05) is 13.0 Å². The lowest BCUT2D eigenvalue weighted by Gasteiger charge is -2.10. The summed E-state index contributed by atoms with van der Waals surface area (Å²) >= 11 is 5.95. The zero-order chi connectivity index (χ0) is 12.1. The van der Waals surface area contributed by atoms with E-state index in [9.17, 15) is 5.11 Å². The van der Waals surface area contributed by atoms with Gasteiger partial charge in [0.1, 0.15) is 5.75 Å². The summed E-state index contributed by atoms with van der Waals surface area (Å²) in [5, 5.41) is 13.8. The number of phenolic OH excluding ortho intramolecular Hbond substituents is 1. The highest BCUT2D eigenvalue weighted by Gasteiger charge is 2.05. The van der Waals surface area contributed by atoms with Gasteiger partial charge in [-0.3, -0.25) is 0 Å². The minimum atomic E-state index is 0.349. The standard InChI is InChI=1S/C13H20ClNO/c1-9(2)4-5-15-8-11-7-12(14)6-10(3)13(11)16/h6-7,9,15-16H,4-5,8H2,1-3H3. The maximum atomic E-state index is 9.83. The molecule has 0 aromatic heterocycles. The number of halogens is 1. The predicted molar refractivity (Wildman–Crippen MR) is 69.0 cm³/mol. The summed E-state index contributed by atoms with van der Waals surface area (Å²) in [6.45, 7) is 7.88. The van der Waals surface area contributed by atoms with E-state index in [0.717, 1.165) is 24.1 Å². The van der Waals surface area contributed by atoms with Crippen LogP contribution in [-0.2, 0) is 6.54 Å². The molecular formula is C13H20ClNO. The van der Waals surface area contributed by atoms with Crippen LogP contribution in [0.2, 0.25) is 5.02 Å². The van der Waals surface area contributed by atoms with Gasteiger partial charge < -0.3 is 10.4 Å². The quantitative estimate of drug-likeness (QED) is 0.774. The normalized spacial score (nSPS) is 11.1. The lowest BCUT2D eigenvalue weighted by molar-refractivity contribution is 0.458. The van der Waals surface area contributed by atoms with E-state index in [1.54, 1.807) is 6.07 Å². The van der Waals surface area contributed by atoms with Gasteiger partial charge in [0, 0.05) is 17.1 Å². The molecule has 0 aliphatic heterocycles. The molecule has 0 amide bonds. The highest BCUT2D eigenvalue weighted by molar-refractivity contribution is 6.30. The molecular weight excluding hydrogens is 222 g/mol. The van der Waals surface area contributed by atoms with Gasteiger partial charge in [-0.2, -0.15) is 0 Å². The molecule has 1 rings (SSSR count). The average molecular weight is 242 g/mol. The first-order chi connectivity index (χ1) is 7.50. The molecule has 0 fully saturated rings. The first-order valence-corrected chi connectivity index (χ1v) is 6.07. The van der Waals surface area contributed by atoms with Crippen LogP contribution in [0.1, 0.15) is 31.4 Å². The van der Waals surface area contributed by atoms with Gasteiger partial charge in [0.15, 0.2) is 0 Å². The van der Waals surface area contributed by atoms with Crippen LogP contribution in [0.25, 0.3) is 0 Å². The van der Waals surface area contributed by atoms with Crippen molar-refractivity contribution in [1.82, 2.24) is 5.32 Å². The van der Waals surface area contributed by atoms with E-state index < -0.39 is 0 Å². The minimum absolute atomic E-state index is 0.349. The van der Waals surface area contributed by atoms with Gasteiger partial charge >= 0.3 is 0 Å². The van der Waals surface area contributed by atoms with Crippen molar-refractivity contribution in [3.8, 4) is 5.75 Å². The van der Waals surface area contributed by atoms with E-state index in [-0.39, 0.29) is 0 Å². The second-order valence-electron chi connectivity index (χ2n) is 4.59. The largest absolute Gasteiger partial charge is 0.507 e. The molecule has 0 atom stereocenters. The summed E-state index contributed by atoms with van der Waals surface area (Å²) < 4.78 is 0. The molecule has 0 radical (unpaired) electrons. The van der Waals surface area contributed by atoms with Gasteiger partial charge in [-0.1, -0.05) is 25.4 Å². The number of benzene rings is 1. The van der Waals surface area contributed by atoms with Crippen molar-refractivity contribution in [2.75, 3.05) is 6.54 Å². The maximum absolute atomic E-state index is 9.83. The third-order valence-electron chi connectivity index (χ3n) is 2.56. The summed E-state index contributed by atoms with van der Waals surface area (Å²) in [7, 11) is 0. The number of aryl methyl sites for hydroxylation is 1. The molecule has 0 aliphatic rings. The zero-order valence-electron chi connectivity index (χ0n) is 10.2. The Morgan fingerprint density at radius 3 is 2.69 bits per heavy atom. The molecule has 0 heterocycles. The Hall–Kier alpha value is -0.730. The van der Waals surface area contributed by atoms with Crippen molar-refractivity contribution >= 4 is 11.6 Å². The minimum Gasteiger partial charge on any atom is -0.507 e. The Bertz CT molecular complexity index is 350. The van der Waals surface area contributed by atoms with Crippen molar-refractivity contribution in [2.45, 2.75) is 33.7 Å². The third kappa shape index (κ3) is 4.03. The summed E-state index contributed by atoms with van der Waals surface area (Å²) in [6, 6.07) is 3.58. The molecule has 2 nitrogen and oxygen atoms in total. The number of phenols is 1. The topological polar surface area (TPSA) is 32.3 Å². The van der Waals surface area contributed by atoms with Gasteiger partial charge in [-0.05, 0) is 43.5 Å². The molecule has 0 bridgehead atoms. The van der Waals surface area contributed by atoms with Crippen LogP contribution in [-0.4, -0.2) is 11.7 Å². The van der Waals surface area contributed by atoms with Crippen molar-refractivity contribution in [1.29, 1.82) is 0 Å². The van der Waals surface area contributed by atoms with Crippen molar-refractivity contribution in [2.24, 2.45) is 5.92 Å². The fourth-order valence-electron chi connectivity index (χ4n) is 1.55. The molecule has 3 heteroatoms. The highest BCUT2D eigenvalue weighted by Crippen LogP contribution is 2.26. The van der Waals surface area contributed by atoms with E-state index in [1.165, 1.54) is 0 Å². The van der Waals surface area contributed by atoms with Gasteiger partial charge in [-0.15, -0.1) is 0 Å². The predicted octanol–water partition coefficient (Wildman–Crippen LogP) is 3.49. The number of aromatic hydroxyl groups is 1. The third-order valence-corrected chi connectivity index (χ3v) is 2.78. The molecule has 0 aliphatic carbocycles. The van der Waals surface area contributed by atoms with Crippen molar-refractivity contribution in [3.63, 3.8) is 0 Å². The molecule has 2 N–H and O–H groups in total. The molecule has 0 unspecified atom stereocenters. The van der Waals surface area contributed by atoms with Gasteiger partial charge in [0.05, 0.1) is 0 Å². The summed E-state index contributed by atoms with van der Waals surface area (Å²) in [5.74, 6) is 1.05. The second-order valence-corrected chi connectivity index (χ2v) is 5.03. The first-order valence-electron chi connectivity index (χ1n) is 5.69. The van der Waals surface area contributed by atoms with Gasteiger partial charge in [0.25, 0.3) is 0 Å². The zero-order valence-corrected chi connectivity index (χ0v) is 10.9. The van der Waals surface area contributed by atoms with Gasteiger partial charge in [-0.25, -0.2) is 0 Å².